The fraction of sp³-hybridized carbons (Fsp3) is 0.364. The van der Waals surface area contributed by atoms with Crippen molar-refractivity contribution in [3.63, 3.8) is 0 Å². The molecule has 4 rings (SSSR count). The van der Waals surface area contributed by atoms with Crippen molar-refractivity contribution in [1.29, 1.82) is 0 Å². The Morgan fingerprint density at radius 3 is 2.40 bits per heavy atom. The summed E-state index contributed by atoms with van der Waals surface area (Å²) >= 11 is 12.4. The third-order valence-electron chi connectivity index (χ3n) is 5.61. The number of imidazole rings is 1. The van der Waals surface area contributed by atoms with Gasteiger partial charge in [-0.2, -0.15) is 0 Å². The van der Waals surface area contributed by atoms with E-state index in [1.807, 2.05) is 9.47 Å². The minimum atomic E-state index is -0.285. The van der Waals surface area contributed by atoms with Crippen molar-refractivity contribution < 1.29 is 9.18 Å². The van der Waals surface area contributed by atoms with E-state index in [2.05, 4.69) is 11.8 Å². The molecule has 30 heavy (non-hydrogen) atoms. The molecule has 1 saturated heterocycles. The maximum atomic E-state index is 13.3. The van der Waals surface area contributed by atoms with Gasteiger partial charge >= 0.3 is 0 Å². The van der Waals surface area contributed by atoms with E-state index in [4.69, 9.17) is 28.2 Å². The molecule has 3 aromatic rings. The lowest BCUT2D eigenvalue weighted by molar-refractivity contribution is -0.133. The van der Waals surface area contributed by atoms with Gasteiger partial charge in [0.15, 0.2) is 0 Å². The van der Waals surface area contributed by atoms with Crippen molar-refractivity contribution in [2.75, 3.05) is 32.7 Å². The summed E-state index contributed by atoms with van der Waals surface area (Å²) in [6.07, 6.45) is 0.473. The van der Waals surface area contributed by atoms with Crippen LogP contribution in [-0.2, 0) is 17.8 Å². The highest BCUT2D eigenvalue weighted by Crippen LogP contribution is 2.29. The van der Waals surface area contributed by atoms with Crippen LogP contribution in [0.3, 0.4) is 0 Å². The van der Waals surface area contributed by atoms with Crippen LogP contribution in [0.15, 0.2) is 36.4 Å². The second-order valence-electron chi connectivity index (χ2n) is 7.49. The van der Waals surface area contributed by atoms with E-state index in [9.17, 15) is 9.18 Å². The number of fused-ring (bicyclic) bond motifs is 1. The minimum absolute atomic E-state index is 0.0523. The van der Waals surface area contributed by atoms with Crippen LogP contribution in [0.5, 0.6) is 0 Å². The summed E-state index contributed by atoms with van der Waals surface area (Å²) in [5.41, 5.74) is 2.36. The first-order valence-electron chi connectivity index (χ1n) is 10.0. The number of hydrogen-bond acceptors (Lipinski definition) is 3. The minimum Gasteiger partial charge on any atom is -0.339 e. The Kier molecular flexibility index (Phi) is 6.27. The Bertz CT molecular complexity index is 1060. The predicted molar refractivity (Wildman–Crippen MR) is 118 cm³/mol. The average Bonchev–Trinajstić information content (AvgIpc) is 3.06. The van der Waals surface area contributed by atoms with E-state index in [1.165, 1.54) is 12.1 Å². The van der Waals surface area contributed by atoms with Gasteiger partial charge in [-0.25, -0.2) is 9.37 Å². The highest BCUT2D eigenvalue weighted by atomic mass is 35.5. The van der Waals surface area contributed by atoms with E-state index < -0.39 is 0 Å². The number of aromatic nitrogens is 2. The quantitative estimate of drug-likeness (QED) is 0.585. The number of likely N-dealkylation sites (N-methyl/N-ethyl adjacent to an activating group) is 1. The van der Waals surface area contributed by atoms with Crippen LogP contribution in [0.4, 0.5) is 4.39 Å². The number of benzene rings is 2. The second kappa shape index (κ2) is 8.92. The molecule has 158 valence electrons. The Morgan fingerprint density at radius 2 is 1.73 bits per heavy atom. The standard InChI is InChI=1S/C22H23Cl2FN4O/c1-2-27-7-9-28(10-8-27)22(30)14-29-20-13-18(24)17(23)12-19(20)26-21(29)11-15-3-5-16(25)6-4-15/h3-6,12-13H,2,7-11,14H2,1H3. The lowest BCUT2D eigenvalue weighted by Crippen LogP contribution is -2.49. The molecule has 0 radical (unpaired) electrons. The Balaban J connectivity index is 1.64. The third kappa shape index (κ3) is 4.46. The van der Waals surface area contributed by atoms with Gasteiger partial charge < -0.3 is 14.4 Å². The Hall–Kier alpha value is -2.15. The van der Waals surface area contributed by atoms with Crippen molar-refractivity contribution in [2.45, 2.75) is 19.9 Å². The highest BCUT2D eigenvalue weighted by Gasteiger charge is 2.23. The molecule has 1 amide bonds. The van der Waals surface area contributed by atoms with E-state index in [0.717, 1.165) is 49.6 Å². The number of piperazine rings is 1. The van der Waals surface area contributed by atoms with Gasteiger partial charge in [0.05, 0.1) is 21.1 Å². The van der Waals surface area contributed by atoms with E-state index in [0.29, 0.717) is 22.0 Å². The van der Waals surface area contributed by atoms with Gasteiger partial charge in [0.25, 0.3) is 0 Å². The van der Waals surface area contributed by atoms with Crippen molar-refractivity contribution in [3.8, 4) is 0 Å². The maximum Gasteiger partial charge on any atom is 0.242 e. The molecule has 1 aliphatic rings. The van der Waals surface area contributed by atoms with Crippen LogP contribution >= 0.6 is 23.2 Å². The summed E-state index contributed by atoms with van der Waals surface area (Å²) in [6.45, 7) is 6.52. The van der Waals surface area contributed by atoms with Crippen LogP contribution in [0, 0.1) is 5.82 Å². The molecule has 0 bridgehead atoms. The van der Waals surface area contributed by atoms with Gasteiger partial charge in [-0.15, -0.1) is 0 Å². The van der Waals surface area contributed by atoms with Crippen LogP contribution in [0.1, 0.15) is 18.3 Å². The molecule has 2 aromatic carbocycles. The zero-order chi connectivity index (χ0) is 21.3. The van der Waals surface area contributed by atoms with Gasteiger partial charge in [0.2, 0.25) is 5.91 Å². The summed E-state index contributed by atoms with van der Waals surface area (Å²) in [5, 5.41) is 0.840. The number of nitrogens with zero attached hydrogens (tertiary/aromatic N) is 4. The number of carbonyl (C=O) groups is 1. The zero-order valence-electron chi connectivity index (χ0n) is 16.7. The number of hydrogen-bond donors (Lipinski definition) is 0. The first-order chi connectivity index (χ1) is 14.4. The smallest absolute Gasteiger partial charge is 0.242 e. The van der Waals surface area contributed by atoms with Gasteiger partial charge in [-0.1, -0.05) is 42.3 Å². The summed E-state index contributed by atoms with van der Waals surface area (Å²) < 4.78 is 15.2. The lowest BCUT2D eigenvalue weighted by Gasteiger charge is -2.34. The Labute approximate surface area is 185 Å². The fourth-order valence-corrected chi connectivity index (χ4v) is 4.13. The first kappa shape index (κ1) is 21.1. The van der Waals surface area contributed by atoms with Crippen LogP contribution in [0.25, 0.3) is 11.0 Å². The number of rotatable bonds is 5. The maximum absolute atomic E-state index is 13.3. The van der Waals surface area contributed by atoms with Crippen molar-refractivity contribution >= 4 is 40.1 Å². The van der Waals surface area contributed by atoms with Crippen LogP contribution in [-0.4, -0.2) is 58.0 Å². The van der Waals surface area contributed by atoms with Gasteiger partial charge in [-0.3, -0.25) is 4.79 Å². The SMILES string of the molecule is CCN1CCN(C(=O)Cn2c(Cc3ccc(F)cc3)nc3cc(Cl)c(Cl)cc32)CC1. The van der Waals surface area contributed by atoms with E-state index in [-0.39, 0.29) is 18.3 Å². The number of carbonyl (C=O) groups excluding carboxylic acids is 1. The lowest BCUT2D eigenvalue weighted by atomic mass is 10.1. The molecule has 5 nitrogen and oxygen atoms in total. The van der Waals surface area contributed by atoms with E-state index >= 15 is 0 Å². The summed E-state index contributed by atoms with van der Waals surface area (Å²) in [5.74, 6) is 0.485. The third-order valence-corrected chi connectivity index (χ3v) is 6.33. The summed E-state index contributed by atoms with van der Waals surface area (Å²) in [4.78, 5) is 22.0. The first-order valence-corrected chi connectivity index (χ1v) is 10.8. The zero-order valence-corrected chi connectivity index (χ0v) is 18.3. The molecule has 2 heterocycles. The molecular formula is C22H23Cl2FN4O. The topological polar surface area (TPSA) is 41.4 Å². The van der Waals surface area contributed by atoms with Gasteiger partial charge in [-0.05, 0) is 36.4 Å². The molecule has 0 atom stereocenters. The summed E-state index contributed by atoms with van der Waals surface area (Å²) in [6, 6.07) is 9.77. The highest BCUT2D eigenvalue weighted by molar-refractivity contribution is 6.42. The molecule has 1 aromatic heterocycles. The Morgan fingerprint density at radius 1 is 1.07 bits per heavy atom. The number of amides is 1. The van der Waals surface area contributed by atoms with Crippen molar-refractivity contribution in [2.24, 2.45) is 0 Å². The molecular weight excluding hydrogens is 426 g/mol. The monoisotopic (exact) mass is 448 g/mol. The molecule has 8 heteroatoms. The second-order valence-corrected chi connectivity index (χ2v) is 8.30. The van der Waals surface area contributed by atoms with Crippen LogP contribution < -0.4 is 0 Å². The van der Waals surface area contributed by atoms with Crippen LogP contribution in [0.2, 0.25) is 10.0 Å². The normalized spacial score (nSPS) is 15.1. The van der Waals surface area contributed by atoms with Crippen molar-refractivity contribution in [3.05, 3.63) is 63.6 Å². The fourth-order valence-electron chi connectivity index (χ4n) is 3.81. The summed E-state index contributed by atoms with van der Waals surface area (Å²) in [7, 11) is 0. The molecule has 1 aliphatic heterocycles. The molecule has 0 aliphatic carbocycles. The largest absolute Gasteiger partial charge is 0.339 e. The molecule has 0 unspecified atom stereocenters. The molecule has 0 N–H and O–H groups in total. The molecule has 0 spiro atoms. The van der Waals surface area contributed by atoms with Gasteiger partial charge in [0, 0.05) is 32.6 Å². The molecule has 1 fully saturated rings. The van der Waals surface area contributed by atoms with E-state index in [1.54, 1.807) is 24.3 Å². The predicted octanol–water partition coefficient (Wildman–Crippen LogP) is 4.24. The molecule has 0 saturated carbocycles. The number of halogens is 3. The average molecular weight is 449 g/mol. The van der Waals surface area contributed by atoms with Crippen molar-refractivity contribution in [1.82, 2.24) is 19.4 Å². The van der Waals surface area contributed by atoms with Gasteiger partial charge in [0.1, 0.15) is 18.2 Å².